The van der Waals surface area contributed by atoms with Gasteiger partial charge in [0.1, 0.15) is 0 Å². The lowest BCUT2D eigenvalue weighted by molar-refractivity contribution is 0.0117. The van der Waals surface area contributed by atoms with E-state index in [9.17, 15) is 4.39 Å². The van der Waals surface area contributed by atoms with Gasteiger partial charge in [-0.05, 0) is 114 Å². The van der Waals surface area contributed by atoms with Crippen LogP contribution >= 0.6 is 0 Å². The Kier molecular flexibility index (Phi) is 7.19. The van der Waals surface area contributed by atoms with E-state index in [4.69, 9.17) is 4.74 Å². The van der Waals surface area contributed by atoms with Crippen LogP contribution in [0.4, 0.5) is 4.39 Å². The fourth-order valence-electron chi connectivity index (χ4n) is 5.96. The highest BCUT2D eigenvalue weighted by Gasteiger charge is 2.34. The molecule has 0 aromatic heterocycles. The maximum absolute atomic E-state index is 12.3. The number of halogens is 1. The minimum atomic E-state index is 0.517. The molecular formula is C22H37FO. The van der Waals surface area contributed by atoms with Gasteiger partial charge < -0.3 is 4.74 Å². The number of hydrogen-bond donors (Lipinski definition) is 0. The molecule has 3 saturated carbocycles. The van der Waals surface area contributed by atoms with Crippen LogP contribution in [0.5, 0.6) is 0 Å². The summed E-state index contributed by atoms with van der Waals surface area (Å²) in [6.45, 7) is 3.00. The van der Waals surface area contributed by atoms with Crippen LogP contribution < -0.4 is 0 Å². The minimum Gasteiger partial charge on any atom is -0.379 e. The third kappa shape index (κ3) is 4.84. The van der Waals surface area contributed by atoms with E-state index in [0.717, 1.165) is 36.6 Å². The van der Waals surface area contributed by atoms with Crippen molar-refractivity contribution in [3.8, 4) is 0 Å². The Morgan fingerprint density at radius 3 is 1.54 bits per heavy atom. The van der Waals surface area contributed by atoms with Crippen molar-refractivity contribution in [2.24, 2.45) is 29.6 Å². The molecule has 2 heteroatoms. The zero-order chi connectivity index (χ0) is 16.8. The summed E-state index contributed by atoms with van der Waals surface area (Å²) in [5, 5.41) is 0. The molecule has 0 atom stereocenters. The van der Waals surface area contributed by atoms with Gasteiger partial charge in [0.2, 0.25) is 0 Å². The quantitative estimate of drug-likeness (QED) is 0.544. The first-order valence-corrected chi connectivity index (χ1v) is 10.7. The van der Waals surface area contributed by atoms with Gasteiger partial charge in [-0.2, -0.15) is 0 Å². The summed E-state index contributed by atoms with van der Waals surface area (Å²) in [7, 11) is 0. The highest BCUT2D eigenvalue weighted by atomic mass is 19.1. The van der Waals surface area contributed by atoms with E-state index >= 15 is 0 Å². The average molecular weight is 337 g/mol. The molecule has 0 spiro atoms. The maximum atomic E-state index is 12.3. The van der Waals surface area contributed by atoms with E-state index in [1.165, 1.54) is 77.0 Å². The molecule has 0 unspecified atom stereocenters. The zero-order valence-corrected chi connectivity index (χ0v) is 15.6. The molecule has 0 bridgehead atoms. The second-order valence-corrected chi connectivity index (χ2v) is 8.66. The van der Waals surface area contributed by atoms with Crippen molar-refractivity contribution in [1.29, 1.82) is 0 Å². The fourth-order valence-corrected chi connectivity index (χ4v) is 5.96. The summed E-state index contributed by atoms with van der Waals surface area (Å²) in [6, 6.07) is 0. The summed E-state index contributed by atoms with van der Waals surface area (Å²) in [4.78, 5) is 0. The molecule has 3 aliphatic rings. The molecule has 0 N–H and O–H groups in total. The molecule has 0 aromatic rings. The molecule has 0 amide bonds. The molecular weight excluding hydrogens is 299 g/mol. The third-order valence-corrected chi connectivity index (χ3v) is 7.43. The Bertz CT molecular complexity index is 369. The van der Waals surface area contributed by atoms with Gasteiger partial charge in [0.05, 0.1) is 12.4 Å². The second kappa shape index (κ2) is 9.36. The van der Waals surface area contributed by atoms with Gasteiger partial charge >= 0.3 is 0 Å². The smallest absolute Gasteiger partial charge is 0.0829 e. The number of ether oxygens (including phenoxy) is 1. The maximum Gasteiger partial charge on any atom is 0.0829 e. The van der Waals surface area contributed by atoms with Crippen LogP contribution in [0, 0.1) is 29.6 Å². The van der Waals surface area contributed by atoms with Gasteiger partial charge in [0, 0.05) is 6.61 Å². The predicted octanol–water partition coefficient (Wildman–Crippen LogP) is 6.68. The lowest BCUT2D eigenvalue weighted by atomic mass is 9.65. The predicted molar refractivity (Wildman–Crippen MR) is 98.5 cm³/mol. The molecule has 3 rings (SSSR count). The Hall–Kier alpha value is -0.370. The number of rotatable bonds is 5. The Labute approximate surface area is 148 Å². The fraction of sp³-hybridized carbons (Fsp3) is 0.909. The molecule has 0 radical (unpaired) electrons. The summed E-state index contributed by atoms with van der Waals surface area (Å²) in [5.74, 6) is 4.39. The Morgan fingerprint density at radius 1 is 0.708 bits per heavy atom. The summed E-state index contributed by atoms with van der Waals surface area (Å²) < 4.78 is 18.1. The van der Waals surface area contributed by atoms with Gasteiger partial charge in [-0.25, -0.2) is 4.39 Å². The lowest BCUT2D eigenvalue weighted by Crippen LogP contribution is -2.31. The zero-order valence-electron chi connectivity index (χ0n) is 15.6. The van der Waals surface area contributed by atoms with Crippen molar-refractivity contribution in [1.82, 2.24) is 0 Å². The van der Waals surface area contributed by atoms with Gasteiger partial charge in [-0.3, -0.25) is 0 Å². The highest BCUT2D eigenvalue weighted by Crippen LogP contribution is 2.45. The van der Waals surface area contributed by atoms with E-state index in [1.807, 2.05) is 0 Å². The van der Waals surface area contributed by atoms with Crippen LogP contribution in [0.3, 0.4) is 0 Å². The van der Waals surface area contributed by atoms with Gasteiger partial charge in [-0.15, -0.1) is 0 Å². The molecule has 0 heterocycles. The third-order valence-electron chi connectivity index (χ3n) is 7.43. The first-order chi connectivity index (χ1) is 11.8. The van der Waals surface area contributed by atoms with Crippen molar-refractivity contribution in [2.75, 3.05) is 6.61 Å². The van der Waals surface area contributed by atoms with E-state index in [2.05, 4.69) is 6.92 Å². The molecule has 0 aromatic carbocycles. The highest BCUT2D eigenvalue weighted by molar-refractivity contribution is 4.90. The van der Waals surface area contributed by atoms with Crippen molar-refractivity contribution >= 4 is 0 Å². The summed E-state index contributed by atoms with van der Waals surface area (Å²) in [6.07, 6.45) is 19.5. The van der Waals surface area contributed by atoms with Crippen molar-refractivity contribution < 1.29 is 9.13 Å². The normalized spacial score (nSPS) is 41.6. The van der Waals surface area contributed by atoms with E-state index in [-0.39, 0.29) is 0 Å². The molecule has 138 valence electrons. The Balaban J connectivity index is 1.37. The van der Waals surface area contributed by atoms with Crippen molar-refractivity contribution in [2.45, 2.75) is 90.1 Å². The van der Waals surface area contributed by atoms with Gasteiger partial charge in [0.15, 0.2) is 0 Å². The topological polar surface area (TPSA) is 9.23 Å². The summed E-state index contributed by atoms with van der Waals surface area (Å²) >= 11 is 0. The van der Waals surface area contributed by atoms with E-state index in [1.54, 1.807) is 6.08 Å². The summed E-state index contributed by atoms with van der Waals surface area (Å²) in [5.41, 5.74) is 0. The minimum absolute atomic E-state index is 0.517. The molecule has 0 aliphatic heterocycles. The first kappa shape index (κ1) is 18.4. The Morgan fingerprint density at radius 2 is 1.12 bits per heavy atom. The SMILES string of the molecule is CCOC1CCC(C2CCC(C3CCC(/C=C/F)CC3)CC2)CC1. The van der Waals surface area contributed by atoms with Crippen molar-refractivity contribution in [3.63, 3.8) is 0 Å². The molecule has 3 fully saturated rings. The molecule has 1 nitrogen and oxygen atoms in total. The van der Waals surface area contributed by atoms with Crippen LogP contribution in [0.25, 0.3) is 0 Å². The van der Waals surface area contributed by atoms with E-state index in [0.29, 0.717) is 12.0 Å². The molecule has 0 saturated heterocycles. The number of hydrogen-bond acceptors (Lipinski definition) is 1. The number of allylic oxidation sites excluding steroid dienone is 1. The van der Waals surface area contributed by atoms with Crippen LogP contribution in [0.2, 0.25) is 0 Å². The van der Waals surface area contributed by atoms with Crippen LogP contribution in [-0.4, -0.2) is 12.7 Å². The molecule has 3 aliphatic carbocycles. The van der Waals surface area contributed by atoms with Crippen LogP contribution in [-0.2, 0) is 4.74 Å². The van der Waals surface area contributed by atoms with Crippen LogP contribution in [0.15, 0.2) is 12.4 Å². The molecule has 24 heavy (non-hydrogen) atoms. The van der Waals surface area contributed by atoms with Crippen molar-refractivity contribution in [3.05, 3.63) is 12.4 Å². The lowest BCUT2D eigenvalue weighted by Gasteiger charge is -2.41. The average Bonchev–Trinajstić information content (AvgIpc) is 2.64. The second-order valence-electron chi connectivity index (χ2n) is 8.66. The monoisotopic (exact) mass is 336 g/mol. The first-order valence-electron chi connectivity index (χ1n) is 10.7. The van der Waals surface area contributed by atoms with E-state index < -0.39 is 0 Å². The van der Waals surface area contributed by atoms with Gasteiger partial charge in [-0.1, -0.05) is 6.08 Å². The van der Waals surface area contributed by atoms with Gasteiger partial charge in [0.25, 0.3) is 0 Å². The largest absolute Gasteiger partial charge is 0.379 e. The standard InChI is InChI=1S/C22H37FO/c1-2-24-22-13-11-21(12-14-22)20-9-7-19(8-10-20)18-5-3-17(4-6-18)15-16-23/h15-22H,2-14H2,1H3/b16-15+. The van der Waals surface area contributed by atoms with Crippen LogP contribution in [0.1, 0.15) is 84.0 Å².